The van der Waals surface area contributed by atoms with Gasteiger partial charge in [0.1, 0.15) is 5.76 Å². The number of carboxylic acids is 1. The molecular formula is C10H11NO3. The Hall–Kier alpha value is -1.32. The number of rotatable bonds is 2. The molecule has 0 amide bonds. The van der Waals surface area contributed by atoms with Gasteiger partial charge in [-0.25, -0.2) is 9.78 Å². The van der Waals surface area contributed by atoms with Gasteiger partial charge in [-0.1, -0.05) is 0 Å². The molecule has 4 nitrogen and oxygen atoms in total. The zero-order valence-corrected chi connectivity index (χ0v) is 7.64. The first-order valence-corrected chi connectivity index (χ1v) is 4.92. The molecule has 2 unspecified atom stereocenters. The smallest absolute Gasteiger partial charge is 0.358 e. The van der Waals surface area contributed by atoms with Gasteiger partial charge in [-0.3, -0.25) is 0 Å². The Kier molecular flexibility index (Phi) is 1.48. The molecule has 14 heavy (non-hydrogen) atoms. The van der Waals surface area contributed by atoms with Gasteiger partial charge in [0.05, 0.1) is 0 Å². The van der Waals surface area contributed by atoms with Gasteiger partial charge in [0, 0.05) is 5.92 Å². The third-order valence-electron chi connectivity index (χ3n) is 3.41. The first-order chi connectivity index (χ1) is 6.75. The lowest BCUT2D eigenvalue weighted by Crippen LogP contribution is -2.05. The second-order valence-corrected chi connectivity index (χ2v) is 4.29. The van der Waals surface area contributed by atoms with Gasteiger partial charge in [-0.2, -0.15) is 0 Å². The van der Waals surface area contributed by atoms with E-state index in [1.807, 2.05) is 0 Å². The molecule has 1 heterocycles. The Bertz CT molecular complexity index is 374. The van der Waals surface area contributed by atoms with Crippen molar-refractivity contribution < 1.29 is 14.3 Å². The maximum atomic E-state index is 10.8. The van der Waals surface area contributed by atoms with Crippen molar-refractivity contribution in [2.75, 3.05) is 0 Å². The fourth-order valence-electron chi connectivity index (χ4n) is 2.63. The quantitative estimate of drug-likeness (QED) is 0.778. The van der Waals surface area contributed by atoms with Crippen molar-refractivity contribution in [3.63, 3.8) is 0 Å². The summed E-state index contributed by atoms with van der Waals surface area (Å²) in [6.45, 7) is 0. The largest absolute Gasteiger partial charge is 0.476 e. The maximum Gasteiger partial charge on any atom is 0.358 e. The lowest BCUT2D eigenvalue weighted by Gasteiger charge is -2.07. The molecule has 3 rings (SSSR count). The lowest BCUT2D eigenvalue weighted by molar-refractivity contribution is 0.0688. The van der Waals surface area contributed by atoms with E-state index in [-0.39, 0.29) is 5.69 Å². The van der Waals surface area contributed by atoms with Crippen LogP contribution in [0.2, 0.25) is 0 Å². The number of hydrogen-bond donors (Lipinski definition) is 1. The van der Waals surface area contributed by atoms with Gasteiger partial charge < -0.3 is 9.52 Å². The highest BCUT2D eigenvalue weighted by Crippen LogP contribution is 2.57. The van der Waals surface area contributed by atoms with Gasteiger partial charge in [0.15, 0.2) is 12.1 Å². The highest BCUT2D eigenvalue weighted by molar-refractivity contribution is 5.86. The second kappa shape index (κ2) is 2.59. The minimum absolute atomic E-state index is 0.108. The Balaban J connectivity index is 1.88. The number of nitrogens with zero attached hydrogens (tertiary/aromatic N) is 1. The minimum Gasteiger partial charge on any atom is -0.476 e. The van der Waals surface area contributed by atoms with E-state index in [2.05, 4.69) is 4.98 Å². The van der Waals surface area contributed by atoms with Crippen LogP contribution in [0, 0.1) is 11.8 Å². The van der Waals surface area contributed by atoms with Gasteiger partial charge >= 0.3 is 5.97 Å². The van der Waals surface area contributed by atoms with E-state index >= 15 is 0 Å². The predicted molar refractivity (Wildman–Crippen MR) is 47.0 cm³/mol. The molecule has 2 fully saturated rings. The Morgan fingerprint density at radius 3 is 2.79 bits per heavy atom. The monoisotopic (exact) mass is 193 g/mol. The number of carboxylic acid groups (broad SMARTS) is 1. The number of oxazole rings is 1. The van der Waals surface area contributed by atoms with E-state index in [0.29, 0.717) is 11.7 Å². The van der Waals surface area contributed by atoms with E-state index in [1.54, 1.807) is 0 Å². The second-order valence-electron chi connectivity index (χ2n) is 4.29. The van der Waals surface area contributed by atoms with E-state index in [4.69, 9.17) is 9.52 Å². The summed E-state index contributed by atoms with van der Waals surface area (Å²) in [6.07, 6.45) is 4.73. The molecule has 0 aromatic carbocycles. The first-order valence-electron chi connectivity index (χ1n) is 4.92. The molecule has 0 saturated heterocycles. The van der Waals surface area contributed by atoms with Crippen LogP contribution >= 0.6 is 0 Å². The summed E-state index contributed by atoms with van der Waals surface area (Å²) < 4.78 is 5.19. The molecule has 1 aromatic rings. The summed E-state index contributed by atoms with van der Waals surface area (Å²) in [5, 5.41) is 8.87. The van der Waals surface area contributed by atoms with Crippen LogP contribution < -0.4 is 0 Å². The zero-order chi connectivity index (χ0) is 9.71. The van der Waals surface area contributed by atoms with Crippen LogP contribution in [0.15, 0.2) is 10.8 Å². The molecule has 4 heteroatoms. The number of fused-ring (bicyclic) bond motifs is 1. The van der Waals surface area contributed by atoms with Crippen molar-refractivity contribution >= 4 is 5.97 Å². The van der Waals surface area contributed by atoms with Gasteiger partial charge in [0.25, 0.3) is 0 Å². The Morgan fingerprint density at radius 1 is 1.43 bits per heavy atom. The van der Waals surface area contributed by atoms with Crippen LogP contribution in [-0.2, 0) is 0 Å². The number of aromatic carboxylic acids is 1. The van der Waals surface area contributed by atoms with Gasteiger partial charge in [0.2, 0.25) is 0 Å². The van der Waals surface area contributed by atoms with Crippen LogP contribution in [-0.4, -0.2) is 16.1 Å². The standard InChI is InChI=1S/C10H11NO3/c12-10(13)8-9(14-4-11-8)7-2-5-1-6(5)3-7/h4-7H,1-3H2,(H,12,13). The normalized spacial score (nSPS) is 34.1. The van der Waals surface area contributed by atoms with Crippen molar-refractivity contribution in [2.45, 2.75) is 25.2 Å². The average Bonchev–Trinajstić information content (AvgIpc) is 2.69. The molecule has 74 valence electrons. The molecule has 0 radical (unpaired) electrons. The topological polar surface area (TPSA) is 63.3 Å². The van der Waals surface area contributed by atoms with Crippen molar-refractivity contribution in [2.24, 2.45) is 11.8 Å². The van der Waals surface area contributed by atoms with E-state index < -0.39 is 5.97 Å². The third kappa shape index (κ3) is 1.06. The highest BCUT2D eigenvalue weighted by Gasteiger charge is 2.48. The third-order valence-corrected chi connectivity index (χ3v) is 3.41. The van der Waals surface area contributed by atoms with Crippen LogP contribution in [0.25, 0.3) is 0 Å². The number of hydrogen-bond acceptors (Lipinski definition) is 3. The van der Waals surface area contributed by atoms with E-state index in [1.165, 1.54) is 12.8 Å². The summed E-state index contributed by atoms with van der Waals surface area (Å²) >= 11 is 0. The predicted octanol–water partition coefficient (Wildman–Crippen LogP) is 1.89. The van der Waals surface area contributed by atoms with Crippen molar-refractivity contribution in [3.05, 3.63) is 17.8 Å². The fraction of sp³-hybridized carbons (Fsp3) is 0.600. The molecule has 2 aliphatic carbocycles. The molecule has 2 atom stereocenters. The van der Waals surface area contributed by atoms with Gasteiger partial charge in [-0.15, -0.1) is 0 Å². The molecule has 0 aliphatic heterocycles. The summed E-state index contributed by atoms with van der Waals surface area (Å²) in [6, 6.07) is 0. The van der Waals surface area contributed by atoms with Crippen LogP contribution in [0.3, 0.4) is 0 Å². The summed E-state index contributed by atoms with van der Waals surface area (Å²) in [4.78, 5) is 14.5. The number of carbonyl (C=O) groups is 1. The van der Waals surface area contributed by atoms with Crippen LogP contribution in [0.4, 0.5) is 0 Å². The summed E-state index contributed by atoms with van der Waals surface area (Å²) in [7, 11) is 0. The van der Waals surface area contributed by atoms with Gasteiger partial charge in [-0.05, 0) is 31.1 Å². The van der Waals surface area contributed by atoms with Crippen molar-refractivity contribution in [3.8, 4) is 0 Å². The van der Waals surface area contributed by atoms with Crippen molar-refractivity contribution in [1.82, 2.24) is 4.98 Å². The molecule has 2 aliphatic rings. The molecular weight excluding hydrogens is 182 g/mol. The average molecular weight is 193 g/mol. The van der Waals surface area contributed by atoms with Crippen molar-refractivity contribution in [1.29, 1.82) is 0 Å². The molecule has 1 N–H and O–H groups in total. The SMILES string of the molecule is O=C(O)c1ncoc1C1CC2CC2C1. The number of aromatic nitrogens is 1. The van der Waals surface area contributed by atoms with Crippen LogP contribution in [0.1, 0.15) is 41.4 Å². The van der Waals surface area contributed by atoms with E-state index in [0.717, 1.165) is 24.7 Å². The Morgan fingerprint density at radius 2 is 2.14 bits per heavy atom. The summed E-state index contributed by atoms with van der Waals surface area (Å²) in [5.41, 5.74) is 0.108. The minimum atomic E-state index is -0.977. The molecule has 1 aromatic heterocycles. The maximum absolute atomic E-state index is 10.8. The first kappa shape index (κ1) is 8.03. The Labute approximate surface area is 80.9 Å². The lowest BCUT2D eigenvalue weighted by atomic mass is 9.99. The molecule has 0 bridgehead atoms. The van der Waals surface area contributed by atoms with Crippen LogP contribution in [0.5, 0.6) is 0 Å². The summed E-state index contributed by atoms with van der Waals surface area (Å²) in [5.74, 6) is 1.56. The zero-order valence-electron chi connectivity index (χ0n) is 7.64. The van der Waals surface area contributed by atoms with E-state index in [9.17, 15) is 4.79 Å². The fourth-order valence-corrected chi connectivity index (χ4v) is 2.63. The highest BCUT2D eigenvalue weighted by atomic mass is 16.4. The molecule has 0 spiro atoms. The molecule has 2 saturated carbocycles.